The number of nitrogens with one attached hydrogen (secondary N) is 1. The second kappa shape index (κ2) is 20.9. The van der Waals surface area contributed by atoms with Crippen LogP contribution in [0.3, 0.4) is 0 Å². The second-order valence-electron chi connectivity index (χ2n) is 16.2. The lowest BCUT2D eigenvalue weighted by Crippen LogP contribution is -2.63. The van der Waals surface area contributed by atoms with E-state index in [1.165, 1.54) is 6.08 Å². The molecule has 5 N–H and O–H groups in total. The number of ether oxygens (including phenoxy) is 3. The minimum atomic E-state index is -1.26. The van der Waals surface area contributed by atoms with Crippen molar-refractivity contribution in [2.24, 2.45) is 23.7 Å². The number of hydrogen-bond donors (Lipinski definition) is 5. The summed E-state index contributed by atoms with van der Waals surface area (Å²) in [7, 11) is 3.51. The Kier molecular flexibility index (Phi) is 16.2. The molecule has 0 bridgehead atoms. The number of allylic oxidation sites excluding steroid dienone is 3. The van der Waals surface area contributed by atoms with Crippen LogP contribution in [0.2, 0.25) is 0 Å². The van der Waals surface area contributed by atoms with Gasteiger partial charge in [-0.1, -0.05) is 55.8 Å². The van der Waals surface area contributed by atoms with E-state index in [1.54, 1.807) is 62.1 Å². The van der Waals surface area contributed by atoms with Crippen molar-refractivity contribution in [3.8, 4) is 5.69 Å². The summed E-state index contributed by atoms with van der Waals surface area (Å²) in [6, 6.07) is 7.14. The molecule has 2 aromatic heterocycles. The van der Waals surface area contributed by atoms with Gasteiger partial charge in [-0.2, -0.15) is 0 Å². The average Bonchev–Trinajstić information content (AvgIpc) is 3.68. The largest absolute Gasteiger partial charge is 0.462 e. The molecular weight excluding hydrogens is 745 g/mol. The van der Waals surface area contributed by atoms with E-state index in [4.69, 9.17) is 14.2 Å². The molecule has 1 saturated heterocycles. The lowest BCUT2D eigenvalue weighted by Gasteiger charge is -2.46. The highest BCUT2D eigenvalue weighted by Crippen LogP contribution is 2.34. The number of benzene rings is 1. The van der Waals surface area contributed by atoms with Gasteiger partial charge in [0.2, 0.25) is 0 Å². The maximum Gasteiger partial charge on any atom is 0.308 e. The van der Waals surface area contributed by atoms with Crippen LogP contribution in [0, 0.1) is 23.7 Å². The minimum absolute atomic E-state index is 0.108. The van der Waals surface area contributed by atoms with Crippen LogP contribution >= 0.6 is 0 Å². The van der Waals surface area contributed by atoms with Crippen molar-refractivity contribution in [1.82, 2.24) is 30.2 Å². The lowest BCUT2D eigenvalue weighted by atomic mass is 9.79. The van der Waals surface area contributed by atoms with E-state index < -0.39 is 72.7 Å². The summed E-state index contributed by atoms with van der Waals surface area (Å²) in [5, 5.41) is 58.5. The first kappa shape index (κ1) is 45.2. The molecule has 2 aliphatic heterocycles. The Bertz CT molecular complexity index is 1860. The minimum Gasteiger partial charge on any atom is -0.462 e. The number of hydrogen-bond acceptors (Lipinski definition) is 14. The highest BCUT2D eigenvalue weighted by molar-refractivity contribution is 5.92. The fourth-order valence-corrected chi connectivity index (χ4v) is 8.16. The van der Waals surface area contributed by atoms with E-state index in [1.807, 2.05) is 51.2 Å². The fourth-order valence-electron chi connectivity index (χ4n) is 8.16. The van der Waals surface area contributed by atoms with E-state index in [0.717, 1.165) is 22.0 Å². The maximum absolute atomic E-state index is 13.7. The predicted octanol–water partition coefficient (Wildman–Crippen LogP) is 3.12. The molecule has 15 heteroatoms. The Hall–Kier alpha value is -3.93. The number of carbonyl (C=O) groups is 2. The number of carbonyl (C=O) groups excluding carboxylic acids is 2. The van der Waals surface area contributed by atoms with Crippen molar-refractivity contribution < 1.29 is 44.2 Å². The Morgan fingerprint density at radius 2 is 1.84 bits per heavy atom. The molecule has 15 nitrogen and oxygen atoms in total. The number of esters is 1. The van der Waals surface area contributed by atoms with Crippen LogP contribution in [0.15, 0.2) is 66.7 Å². The van der Waals surface area contributed by atoms with Gasteiger partial charge in [0.15, 0.2) is 12.1 Å². The third kappa shape index (κ3) is 11.2. The first-order valence-electron chi connectivity index (χ1n) is 20.4. The van der Waals surface area contributed by atoms with Gasteiger partial charge in [0.05, 0.1) is 61.1 Å². The van der Waals surface area contributed by atoms with Crippen LogP contribution in [0.4, 0.5) is 0 Å². The van der Waals surface area contributed by atoms with Gasteiger partial charge in [-0.15, -0.1) is 5.10 Å². The van der Waals surface area contributed by atoms with E-state index in [2.05, 4.69) is 20.6 Å². The normalized spacial score (nSPS) is 33.5. The van der Waals surface area contributed by atoms with Crippen LogP contribution < -0.4 is 5.32 Å². The van der Waals surface area contributed by atoms with Gasteiger partial charge < -0.3 is 44.9 Å². The van der Waals surface area contributed by atoms with Gasteiger partial charge in [-0.05, 0) is 77.9 Å². The summed E-state index contributed by atoms with van der Waals surface area (Å²) in [4.78, 5) is 33.0. The van der Waals surface area contributed by atoms with Crippen molar-refractivity contribution in [3.63, 3.8) is 0 Å². The number of aliphatic hydroxyl groups is 4. The molecule has 12 atom stereocenters. The fraction of sp³-hybridized carbons (Fsp3) is 0.605. The smallest absolute Gasteiger partial charge is 0.308 e. The Labute approximate surface area is 341 Å². The number of nitrogens with zero attached hydrogens (tertiary/aromatic N) is 5. The third-order valence-corrected chi connectivity index (χ3v) is 11.6. The van der Waals surface area contributed by atoms with Gasteiger partial charge in [0.1, 0.15) is 12.2 Å². The van der Waals surface area contributed by atoms with Crippen molar-refractivity contribution in [2.75, 3.05) is 27.2 Å². The van der Waals surface area contributed by atoms with Crippen LogP contribution in [0.1, 0.15) is 66.0 Å². The summed E-state index contributed by atoms with van der Waals surface area (Å²) in [5.74, 6) is -2.79. The Morgan fingerprint density at radius 1 is 1.07 bits per heavy atom. The van der Waals surface area contributed by atoms with Crippen molar-refractivity contribution >= 4 is 22.5 Å². The molecule has 318 valence electrons. The molecule has 1 aromatic carbocycles. The molecule has 0 aliphatic carbocycles. The first-order chi connectivity index (χ1) is 27.7. The number of fused-ring (bicyclic) bond motifs is 1. The van der Waals surface area contributed by atoms with Gasteiger partial charge in [-0.25, -0.2) is 4.68 Å². The summed E-state index contributed by atoms with van der Waals surface area (Å²) < 4.78 is 20.3. The zero-order valence-corrected chi connectivity index (χ0v) is 34.7. The molecule has 0 radical (unpaired) electrons. The molecule has 2 aliphatic rings. The number of ketones is 1. The standard InChI is InChI=1S/C43H62N6O9/c1-8-37-31(24-50)18-25(2)12-13-35(51)26(3)19-29(14-16-45-22-32-23-49(47-46-32)34-11-9-10-30-21-44-17-15-33(30)34)42(27(4)36(52)20-38(53)57-37)58-43-41(55)39(48(6)7)40(54)28(5)56-43/h9-13,15,17-18,21,23,26-29,31,36-37,39-43,45,50,52,54-55H,8,14,16,19-20,22,24H2,1-7H3/b13-12+,25-18+/t26-,27+,28-,29+,31-,36-,37-,39?,40?,41?,42-,43+/m1/s1. The van der Waals surface area contributed by atoms with Gasteiger partial charge >= 0.3 is 5.97 Å². The summed E-state index contributed by atoms with van der Waals surface area (Å²) in [6.07, 6.45) is 4.53. The van der Waals surface area contributed by atoms with Crippen LogP contribution in [0.5, 0.6) is 0 Å². The monoisotopic (exact) mass is 806 g/mol. The summed E-state index contributed by atoms with van der Waals surface area (Å²) in [5.41, 5.74) is 2.33. The Balaban J connectivity index is 1.42. The quantitative estimate of drug-likeness (QED) is 0.140. The van der Waals surface area contributed by atoms with Crippen molar-refractivity contribution in [2.45, 2.75) is 116 Å². The third-order valence-electron chi connectivity index (χ3n) is 11.6. The molecule has 5 rings (SSSR count). The lowest BCUT2D eigenvalue weighted by molar-refractivity contribution is -0.304. The van der Waals surface area contributed by atoms with Gasteiger partial charge in [0, 0.05) is 47.5 Å². The highest BCUT2D eigenvalue weighted by Gasteiger charge is 2.47. The average molecular weight is 807 g/mol. The number of aromatic nitrogens is 4. The SMILES string of the molecule is CC[C@H]1OC(=O)C[C@@H](O)[C@H](C)[C@@H](O[C@@H]2O[C@H](C)C(O)C(N(C)C)C2O)[C@@H](CCNCc2cn(-c3cccc4cnccc34)nn2)C[C@@H](C)C(=O)/C=C/C(C)=C/[C@@H]1CO. The molecule has 0 spiro atoms. The van der Waals surface area contributed by atoms with E-state index in [9.17, 15) is 30.0 Å². The van der Waals surface area contributed by atoms with Crippen molar-refractivity contribution in [1.29, 1.82) is 0 Å². The second-order valence-corrected chi connectivity index (χ2v) is 16.2. The number of likely N-dealkylation sites (N-methyl/N-ethyl adjacent to an activating group) is 1. The molecular formula is C43H62N6O9. The van der Waals surface area contributed by atoms with E-state index >= 15 is 0 Å². The number of cyclic esters (lactones) is 1. The summed E-state index contributed by atoms with van der Waals surface area (Å²) in [6.45, 7) is 9.60. The van der Waals surface area contributed by atoms with Crippen molar-refractivity contribution in [3.05, 3.63) is 72.4 Å². The molecule has 1 fully saturated rings. The molecule has 0 saturated carbocycles. The molecule has 0 amide bonds. The van der Waals surface area contributed by atoms with Crippen LogP contribution in [-0.4, -0.2) is 133 Å². The van der Waals surface area contributed by atoms with Crippen LogP contribution in [0.25, 0.3) is 16.5 Å². The molecule has 3 unspecified atom stereocenters. The zero-order valence-electron chi connectivity index (χ0n) is 34.7. The molecule has 3 aromatic rings. The maximum atomic E-state index is 13.7. The van der Waals surface area contributed by atoms with Gasteiger partial charge in [-0.3, -0.25) is 14.6 Å². The first-order valence-corrected chi connectivity index (χ1v) is 20.4. The van der Waals surface area contributed by atoms with Gasteiger partial charge in [0.25, 0.3) is 0 Å². The topological polar surface area (TPSA) is 202 Å². The van der Waals surface area contributed by atoms with E-state index in [-0.39, 0.29) is 24.7 Å². The number of rotatable bonds is 11. The molecule has 4 heterocycles. The predicted molar refractivity (Wildman–Crippen MR) is 217 cm³/mol. The van der Waals surface area contributed by atoms with Crippen LogP contribution in [-0.2, 0) is 30.3 Å². The molecule has 58 heavy (non-hydrogen) atoms. The highest BCUT2D eigenvalue weighted by atomic mass is 16.7. The number of aliphatic hydroxyl groups excluding tert-OH is 4. The zero-order chi connectivity index (χ0) is 42.1. The number of pyridine rings is 1. The Morgan fingerprint density at radius 3 is 2.57 bits per heavy atom. The summed E-state index contributed by atoms with van der Waals surface area (Å²) >= 11 is 0. The van der Waals surface area contributed by atoms with E-state index in [0.29, 0.717) is 38.0 Å².